The van der Waals surface area contributed by atoms with Gasteiger partial charge in [-0.3, -0.25) is 9.20 Å². The fourth-order valence-corrected chi connectivity index (χ4v) is 3.01. The first-order valence-corrected chi connectivity index (χ1v) is 8.74. The summed E-state index contributed by atoms with van der Waals surface area (Å²) in [6.07, 6.45) is 1.68. The van der Waals surface area contributed by atoms with Crippen molar-refractivity contribution in [2.75, 3.05) is 19.5 Å². The quantitative estimate of drug-likeness (QED) is 0.559. The summed E-state index contributed by atoms with van der Waals surface area (Å²) in [5.74, 6) is 0.563. The molecule has 0 aliphatic carbocycles. The highest BCUT2D eigenvalue weighted by Gasteiger charge is 2.18. The molecule has 0 bridgehead atoms. The minimum Gasteiger partial charge on any atom is -0.497 e. The molecule has 8 heteroatoms. The van der Waals surface area contributed by atoms with Gasteiger partial charge in [-0.1, -0.05) is 12.1 Å². The van der Waals surface area contributed by atoms with E-state index in [0.717, 1.165) is 0 Å². The molecule has 0 spiro atoms. The number of nitrogens with one attached hydrogen (secondary N) is 1. The number of ether oxygens (including phenoxy) is 2. The molecule has 146 valence electrons. The average Bonchev–Trinajstić information content (AvgIpc) is 3.18. The first kappa shape index (κ1) is 18.4. The van der Waals surface area contributed by atoms with Crippen molar-refractivity contribution in [3.05, 3.63) is 72.2 Å². The summed E-state index contributed by atoms with van der Waals surface area (Å²) >= 11 is 0. The van der Waals surface area contributed by atoms with Crippen LogP contribution in [0, 0.1) is 5.82 Å². The standard InChI is InChI=1S/C21H17FN4O3/c1-28-13-9-10-17(18(12-13)29-2)23-21(27)15-7-5-11-26-19(24-25-20(15)26)14-6-3-4-8-16(14)22/h3-12H,1-2H3,(H,23,27). The summed E-state index contributed by atoms with van der Waals surface area (Å²) < 4.78 is 26.3. The Bertz CT molecular complexity index is 1210. The van der Waals surface area contributed by atoms with Gasteiger partial charge in [-0.15, -0.1) is 10.2 Å². The van der Waals surface area contributed by atoms with Gasteiger partial charge in [-0.2, -0.15) is 0 Å². The topological polar surface area (TPSA) is 77.8 Å². The summed E-state index contributed by atoms with van der Waals surface area (Å²) in [6, 6.07) is 14.7. The van der Waals surface area contributed by atoms with Crippen LogP contribution in [0.2, 0.25) is 0 Å². The van der Waals surface area contributed by atoms with Crippen molar-refractivity contribution < 1.29 is 18.7 Å². The van der Waals surface area contributed by atoms with E-state index < -0.39 is 11.7 Å². The van der Waals surface area contributed by atoms with Crippen LogP contribution in [0.25, 0.3) is 17.0 Å². The van der Waals surface area contributed by atoms with E-state index in [4.69, 9.17) is 9.47 Å². The number of aromatic nitrogens is 3. The first-order chi connectivity index (χ1) is 14.1. The van der Waals surface area contributed by atoms with Gasteiger partial charge in [0.2, 0.25) is 0 Å². The van der Waals surface area contributed by atoms with Crippen molar-refractivity contribution in [3.63, 3.8) is 0 Å². The van der Waals surface area contributed by atoms with Gasteiger partial charge in [-0.05, 0) is 36.4 Å². The number of anilines is 1. The minimum absolute atomic E-state index is 0.292. The van der Waals surface area contributed by atoms with Gasteiger partial charge in [0, 0.05) is 12.3 Å². The smallest absolute Gasteiger partial charge is 0.259 e. The number of benzene rings is 2. The van der Waals surface area contributed by atoms with E-state index in [-0.39, 0.29) is 0 Å². The Morgan fingerprint density at radius 2 is 1.86 bits per heavy atom. The third-order valence-corrected chi connectivity index (χ3v) is 4.45. The number of carbonyl (C=O) groups excluding carboxylic acids is 1. The molecule has 2 aromatic carbocycles. The van der Waals surface area contributed by atoms with Crippen LogP contribution in [0.5, 0.6) is 11.5 Å². The van der Waals surface area contributed by atoms with Crippen LogP contribution in [0.4, 0.5) is 10.1 Å². The number of hydrogen-bond donors (Lipinski definition) is 1. The van der Waals surface area contributed by atoms with Crippen molar-refractivity contribution in [2.24, 2.45) is 0 Å². The van der Waals surface area contributed by atoms with Crippen LogP contribution in [0.3, 0.4) is 0 Å². The van der Waals surface area contributed by atoms with Gasteiger partial charge in [-0.25, -0.2) is 4.39 Å². The minimum atomic E-state index is -0.417. The van der Waals surface area contributed by atoms with E-state index in [2.05, 4.69) is 15.5 Å². The molecule has 2 heterocycles. The zero-order valence-electron chi connectivity index (χ0n) is 15.7. The van der Waals surface area contributed by atoms with E-state index in [1.165, 1.54) is 13.2 Å². The lowest BCUT2D eigenvalue weighted by Gasteiger charge is -2.12. The number of carbonyl (C=O) groups is 1. The summed E-state index contributed by atoms with van der Waals surface area (Å²) in [7, 11) is 3.05. The third-order valence-electron chi connectivity index (χ3n) is 4.45. The van der Waals surface area contributed by atoms with Crippen LogP contribution in [0.15, 0.2) is 60.8 Å². The van der Waals surface area contributed by atoms with Crippen molar-refractivity contribution in [1.82, 2.24) is 14.6 Å². The molecule has 0 aliphatic heterocycles. The maximum atomic E-state index is 14.2. The molecule has 4 aromatic rings. The number of nitrogens with zero attached hydrogens (tertiary/aromatic N) is 3. The van der Waals surface area contributed by atoms with Gasteiger partial charge in [0.15, 0.2) is 11.5 Å². The molecule has 1 amide bonds. The summed E-state index contributed by atoms with van der Waals surface area (Å²) in [4.78, 5) is 12.9. The maximum Gasteiger partial charge on any atom is 0.259 e. The summed E-state index contributed by atoms with van der Waals surface area (Å²) in [5.41, 5.74) is 1.39. The number of rotatable bonds is 5. The zero-order chi connectivity index (χ0) is 20.4. The molecule has 0 saturated heterocycles. The molecule has 7 nitrogen and oxygen atoms in total. The van der Waals surface area contributed by atoms with E-state index in [1.54, 1.807) is 66.2 Å². The second-order valence-corrected chi connectivity index (χ2v) is 6.14. The molecule has 1 N–H and O–H groups in total. The molecule has 0 atom stereocenters. The third kappa shape index (κ3) is 3.36. The maximum absolute atomic E-state index is 14.2. The van der Waals surface area contributed by atoms with Gasteiger partial charge in [0.1, 0.15) is 17.3 Å². The number of methoxy groups -OCH3 is 2. The van der Waals surface area contributed by atoms with Crippen LogP contribution in [-0.2, 0) is 0 Å². The number of hydrogen-bond acceptors (Lipinski definition) is 5. The van der Waals surface area contributed by atoms with Gasteiger partial charge in [0.25, 0.3) is 5.91 Å². The van der Waals surface area contributed by atoms with E-state index in [9.17, 15) is 9.18 Å². The molecule has 4 rings (SSSR count). The number of halogens is 1. The molecule has 0 aliphatic rings. The van der Waals surface area contributed by atoms with Gasteiger partial charge in [0.05, 0.1) is 31.0 Å². The molecule has 0 fully saturated rings. The van der Waals surface area contributed by atoms with E-state index >= 15 is 0 Å². The molecular weight excluding hydrogens is 375 g/mol. The Kier molecular flexibility index (Phi) is 4.82. The van der Waals surface area contributed by atoms with Gasteiger partial charge < -0.3 is 14.8 Å². The van der Waals surface area contributed by atoms with E-state index in [0.29, 0.717) is 39.8 Å². The Labute approximate surface area is 165 Å². The number of amides is 1. The molecular formula is C21H17FN4O3. The zero-order valence-corrected chi connectivity index (χ0v) is 15.7. The van der Waals surface area contributed by atoms with Crippen molar-refractivity contribution in [1.29, 1.82) is 0 Å². The average molecular weight is 392 g/mol. The fourth-order valence-electron chi connectivity index (χ4n) is 3.01. The lowest BCUT2D eigenvalue weighted by atomic mass is 10.2. The van der Waals surface area contributed by atoms with Crippen LogP contribution >= 0.6 is 0 Å². The highest BCUT2D eigenvalue weighted by Crippen LogP contribution is 2.30. The normalized spacial score (nSPS) is 10.7. The predicted molar refractivity (Wildman–Crippen MR) is 106 cm³/mol. The van der Waals surface area contributed by atoms with Crippen molar-refractivity contribution >= 4 is 17.2 Å². The Balaban J connectivity index is 1.72. The summed E-state index contributed by atoms with van der Waals surface area (Å²) in [5, 5.41) is 11.0. The molecule has 0 unspecified atom stereocenters. The first-order valence-electron chi connectivity index (χ1n) is 8.74. The van der Waals surface area contributed by atoms with Crippen molar-refractivity contribution in [2.45, 2.75) is 0 Å². The largest absolute Gasteiger partial charge is 0.497 e. The molecule has 0 saturated carbocycles. The number of pyridine rings is 1. The van der Waals surface area contributed by atoms with Crippen LogP contribution < -0.4 is 14.8 Å². The highest BCUT2D eigenvalue weighted by molar-refractivity contribution is 6.09. The molecule has 2 aromatic heterocycles. The van der Waals surface area contributed by atoms with E-state index in [1.807, 2.05) is 0 Å². The molecule has 0 radical (unpaired) electrons. The van der Waals surface area contributed by atoms with Gasteiger partial charge >= 0.3 is 0 Å². The molecule has 29 heavy (non-hydrogen) atoms. The Morgan fingerprint density at radius 1 is 1.03 bits per heavy atom. The summed E-state index contributed by atoms with van der Waals surface area (Å²) in [6.45, 7) is 0. The Hall–Kier alpha value is -3.94. The second kappa shape index (κ2) is 7.59. The fraction of sp³-hybridized carbons (Fsp3) is 0.0952. The monoisotopic (exact) mass is 392 g/mol. The van der Waals surface area contributed by atoms with Crippen molar-refractivity contribution in [3.8, 4) is 22.9 Å². The second-order valence-electron chi connectivity index (χ2n) is 6.14. The predicted octanol–water partition coefficient (Wildman–Crippen LogP) is 3.80. The highest BCUT2D eigenvalue weighted by atomic mass is 19.1. The Morgan fingerprint density at radius 3 is 2.62 bits per heavy atom. The SMILES string of the molecule is COc1ccc(NC(=O)c2cccn3c(-c4ccccc4F)nnc23)c(OC)c1. The lowest BCUT2D eigenvalue weighted by Crippen LogP contribution is -2.14. The van der Waals surface area contributed by atoms with Crippen LogP contribution in [0.1, 0.15) is 10.4 Å². The lowest BCUT2D eigenvalue weighted by molar-refractivity contribution is 0.102. The van der Waals surface area contributed by atoms with Crippen LogP contribution in [-0.4, -0.2) is 34.7 Å². The number of fused-ring (bicyclic) bond motifs is 1.